The lowest BCUT2D eigenvalue weighted by molar-refractivity contribution is 0.0966. The van der Waals surface area contributed by atoms with Crippen molar-refractivity contribution >= 4 is 29.2 Å². The van der Waals surface area contributed by atoms with Crippen molar-refractivity contribution in [3.63, 3.8) is 0 Å². The number of amides is 3. The minimum Gasteiger partial charge on any atom is -0.484 e. The lowest BCUT2D eigenvalue weighted by Crippen LogP contribution is -2.34. The van der Waals surface area contributed by atoms with E-state index in [-0.39, 0.29) is 6.10 Å². The van der Waals surface area contributed by atoms with Crippen LogP contribution in [0.4, 0.5) is 10.5 Å². The SMILES string of the molecule is CCC(Oc1ccc(NC(=O)NC(=O)c2ccccc2C)cc1Cl)c1ccccc1. The standard InChI is InChI=1S/C24H23ClN2O3/c1-3-21(17-10-5-4-6-11-17)30-22-14-13-18(15-20(22)25)26-24(29)27-23(28)19-12-8-7-9-16(19)2/h4-15,21H,3H2,1-2H3,(H2,26,27,28,29). The maximum Gasteiger partial charge on any atom is 0.326 e. The van der Waals surface area contributed by atoms with Crippen molar-refractivity contribution in [2.45, 2.75) is 26.4 Å². The summed E-state index contributed by atoms with van der Waals surface area (Å²) in [5.41, 5.74) is 2.75. The van der Waals surface area contributed by atoms with Crippen LogP contribution in [0.2, 0.25) is 5.02 Å². The second-order valence-electron chi connectivity index (χ2n) is 6.79. The molecule has 0 bridgehead atoms. The summed E-state index contributed by atoms with van der Waals surface area (Å²) in [7, 11) is 0. The molecular formula is C24H23ClN2O3. The molecule has 1 unspecified atom stereocenters. The minimum atomic E-state index is -0.635. The molecule has 3 aromatic rings. The number of urea groups is 1. The summed E-state index contributed by atoms with van der Waals surface area (Å²) >= 11 is 6.36. The Morgan fingerprint density at radius 2 is 1.70 bits per heavy atom. The van der Waals surface area contributed by atoms with Gasteiger partial charge in [-0.15, -0.1) is 0 Å². The van der Waals surface area contributed by atoms with Gasteiger partial charge in [0.05, 0.1) is 5.02 Å². The van der Waals surface area contributed by atoms with E-state index in [4.69, 9.17) is 16.3 Å². The molecule has 3 aromatic carbocycles. The largest absolute Gasteiger partial charge is 0.484 e. The van der Waals surface area contributed by atoms with E-state index in [1.54, 1.807) is 30.3 Å². The number of carbonyl (C=O) groups excluding carboxylic acids is 2. The van der Waals surface area contributed by atoms with E-state index in [9.17, 15) is 9.59 Å². The molecule has 2 N–H and O–H groups in total. The van der Waals surface area contributed by atoms with Gasteiger partial charge < -0.3 is 10.1 Å². The van der Waals surface area contributed by atoms with Crippen molar-refractivity contribution in [2.24, 2.45) is 0 Å². The summed E-state index contributed by atoms with van der Waals surface area (Å²) in [5.74, 6) is 0.0552. The van der Waals surface area contributed by atoms with E-state index in [0.717, 1.165) is 17.5 Å². The highest BCUT2D eigenvalue weighted by Crippen LogP contribution is 2.32. The van der Waals surface area contributed by atoms with Gasteiger partial charge in [0.25, 0.3) is 5.91 Å². The fourth-order valence-corrected chi connectivity index (χ4v) is 3.27. The van der Waals surface area contributed by atoms with Crippen LogP contribution in [0.25, 0.3) is 0 Å². The van der Waals surface area contributed by atoms with E-state index in [1.807, 2.05) is 56.3 Å². The van der Waals surface area contributed by atoms with Gasteiger partial charge in [-0.2, -0.15) is 0 Å². The van der Waals surface area contributed by atoms with Gasteiger partial charge in [0.2, 0.25) is 0 Å². The molecule has 3 amide bonds. The quantitative estimate of drug-likeness (QED) is 0.501. The maximum absolute atomic E-state index is 12.3. The van der Waals surface area contributed by atoms with Gasteiger partial charge in [0.15, 0.2) is 0 Å². The summed E-state index contributed by atoms with van der Waals surface area (Å²) in [6, 6.07) is 21.3. The molecule has 0 aliphatic carbocycles. The molecule has 0 heterocycles. The van der Waals surface area contributed by atoms with E-state index in [1.165, 1.54) is 0 Å². The van der Waals surface area contributed by atoms with E-state index in [0.29, 0.717) is 22.0 Å². The zero-order valence-corrected chi connectivity index (χ0v) is 17.6. The smallest absolute Gasteiger partial charge is 0.326 e. The Morgan fingerprint density at radius 1 is 1.00 bits per heavy atom. The maximum atomic E-state index is 12.3. The van der Waals surface area contributed by atoms with Gasteiger partial charge in [0.1, 0.15) is 11.9 Å². The van der Waals surface area contributed by atoms with E-state index in [2.05, 4.69) is 10.6 Å². The first-order valence-electron chi connectivity index (χ1n) is 9.67. The van der Waals surface area contributed by atoms with Crippen LogP contribution in [0.1, 0.15) is 40.9 Å². The second-order valence-corrected chi connectivity index (χ2v) is 7.20. The number of hydrogen-bond acceptors (Lipinski definition) is 3. The fourth-order valence-electron chi connectivity index (χ4n) is 3.04. The van der Waals surface area contributed by atoms with Gasteiger partial charge in [-0.25, -0.2) is 4.79 Å². The van der Waals surface area contributed by atoms with Crippen LogP contribution in [-0.2, 0) is 0 Å². The number of hydrogen-bond donors (Lipinski definition) is 2. The molecule has 6 heteroatoms. The molecule has 0 aromatic heterocycles. The highest BCUT2D eigenvalue weighted by atomic mass is 35.5. The van der Waals surface area contributed by atoms with E-state index < -0.39 is 11.9 Å². The third-order valence-electron chi connectivity index (χ3n) is 4.62. The zero-order valence-electron chi connectivity index (χ0n) is 16.8. The van der Waals surface area contributed by atoms with Crippen LogP contribution < -0.4 is 15.4 Å². The van der Waals surface area contributed by atoms with Gasteiger partial charge >= 0.3 is 6.03 Å². The molecule has 0 saturated carbocycles. The number of aryl methyl sites for hydroxylation is 1. The molecule has 1 atom stereocenters. The highest BCUT2D eigenvalue weighted by molar-refractivity contribution is 6.32. The Balaban J connectivity index is 1.64. The molecule has 0 aliphatic rings. The number of halogens is 1. The van der Waals surface area contributed by atoms with Crippen LogP contribution >= 0.6 is 11.6 Å². The third-order valence-corrected chi connectivity index (χ3v) is 4.91. The van der Waals surface area contributed by atoms with Crippen LogP contribution in [0.15, 0.2) is 72.8 Å². The second kappa shape index (κ2) is 9.94. The Labute approximate surface area is 181 Å². The van der Waals surface area contributed by atoms with Gasteiger partial charge in [-0.1, -0.05) is 67.1 Å². The van der Waals surface area contributed by atoms with Gasteiger partial charge in [-0.05, 0) is 48.7 Å². The molecule has 0 fully saturated rings. The summed E-state index contributed by atoms with van der Waals surface area (Å²) in [4.78, 5) is 24.5. The zero-order chi connectivity index (χ0) is 21.5. The first-order valence-corrected chi connectivity index (χ1v) is 10.0. The predicted octanol–water partition coefficient (Wildman–Crippen LogP) is 6.14. The molecule has 0 spiro atoms. The van der Waals surface area contributed by atoms with E-state index >= 15 is 0 Å². The number of imide groups is 1. The van der Waals surface area contributed by atoms with Crippen molar-refractivity contribution in [3.05, 3.63) is 94.5 Å². The summed E-state index contributed by atoms with van der Waals surface area (Å²) in [6.07, 6.45) is 0.654. The Bertz CT molecular complexity index is 1040. The third kappa shape index (κ3) is 5.39. The Kier molecular flexibility index (Phi) is 7.09. The van der Waals surface area contributed by atoms with Gasteiger partial charge in [-0.3, -0.25) is 10.1 Å². The van der Waals surface area contributed by atoms with Crippen LogP contribution in [0, 0.1) is 6.92 Å². The number of anilines is 1. The highest BCUT2D eigenvalue weighted by Gasteiger charge is 2.15. The predicted molar refractivity (Wildman–Crippen MR) is 119 cm³/mol. The van der Waals surface area contributed by atoms with Crippen LogP contribution in [-0.4, -0.2) is 11.9 Å². The van der Waals surface area contributed by atoms with Crippen LogP contribution in [0.5, 0.6) is 5.75 Å². The number of nitrogens with one attached hydrogen (secondary N) is 2. The molecule has 0 saturated heterocycles. The molecule has 0 radical (unpaired) electrons. The number of benzene rings is 3. The molecule has 0 aliphatic heterocycles. The number of rotatable bonds is 6. The van der Waals surface area contributed by atoms with Crippen LogP contribution in [0.3, 0.4) is 0 Å². The van der Waals surface area contributed by atoms with Crippen molar-refractivity contribution < 1.29 is 14.3 Å². The first kappa shape index (κ1) is 21.4. The lowest BCUT2D eigenvalue weighted by atomic mass is 10.1. The molecule has 30 heavy (non-hydrogen) atoms. The van der Waals surface area contributed by atoms with Crippen molar-refractivity contribution in [2.75, 3.05) is 5.32 Å². The topological polar surface area (TPSA) is 67.4 Å². The monoisotopic (exact) mass is 422 g/mol. The molecule has 3 rings (SSSR count). The molecule has 5 nitrogen and oxygen atoms in total. The number of ether oxygens (including phenoxy) is 1. The average molecular weight is 423 g/mol. The minimum absolute atomic E-state index is 0.127. The number of carbonyl (C=O) groups is 2. The first-order chi connectivity index (χ1) is 14.5. The Morgan fingerprint density at radius 3 is 2.37 bits per heavy atom. The molecule has 154 valence electrons. The lowest BCUT2D eigenvalue weighted by Gasteiger charge is -2.19. The molecular weight excluding hydrogens is 400 g/mol. The average Bonchev–Trinajstić information content (AvgIpc) is 2.74. The van der Waals surface area contributed by atoms with Crippen molar-refractivity contribution in [1.29, 1.82) is 0 Å². The summed E-state index contributed by atoms with van der Waals surface area (Å²) < 4.78 is 6.06. The van der Waals surface area contributed by atoms with Gasteiger partial charge in [0, 0.05) is 11.3 Å². The normalized spacial score (nSPS) is 11.4. The Hall–Kier alpha value is -3.31. The summed E-state index contributed by atoms with van der Waals surface area (Å²) in [6.45, 7) is 3.85. The van der Waals surface area contributed by atoms with Crippen molar-refractivity contribution in [1.82, 2.24) is 5.32 Å². The van der Waals surface area contributed by atoms with Crippen molar-refractivity contribution in [3.8, 4) is 5.75 Å². The fraction of sp³-hybridized carbons (Fsp3) is 0.167. The summed E-state index contributed by atoms with van der Waals surface area (Å²) in [5, 5.41) is 5.31.